The monoisotopic (exact) mass is 706 g/mol. The SMILES string of the molecule is C[C@@H]1CC[C@]2(C(=O)OCCCCC3OC(CO)C(O)C(O)C3O)CC[C@]3(C)C(=CC[C@H]4C3(C)CCC3[C@](C)(CO)[C@@H](O)CC[C@@]34C)C2[C@]1(C)O. The fourth-order valence-electron chi connectivity index (χ4n) is 13.0. The summed E-state index contributed by atoms with van der Waals surface area (Å²) in [6, 6.07) is 0. The van der Waals surface area contributed by atoms with Crippen LogP contribution >= 0.6 is 0 Å². The summed E-state index contributed by atoms with van der Waals surface area (Å²) in [5, 5.41) is 74.2. The Morgan fingerprint density at radius 2 is 1.56 bits per heavy atom. The fourth-order valence-corrected chi connectivity index (χ4v) is 13.0. The van der Waals surface area contributed by atoms with Crippen molar-refractivity contribution in [3.63, 3.8) is 0 Å². The van der Waals surface area contributed by atoms with Crippen LogP contribution in [-0.2, 0) is 14.3 Å². The van der Waals surface area contributed by atoms with Gasteiger partial charge in [0.1, 0.15) is 24.4 Å². The smallest absolute Gasteiger partial charge is 0.312 e. The van der Waals surface area contributed by atoms with Crippen LogP contribution < -0.4 is 0 Å². The van der Waals surface area contributed by atoms with Crippen molar-refractivity contribution in [2.24, 2.45) is 50.7 Å². The molecule has 16 atom stereocenters. The summed E-state index contributed by atoms with van der Waals surface area (Å²) in [6.07, 6.45) is 4.86. The Hall–Kier alpha value is -1.11. The third-order valence-electron chi connectivity index (χ3n) is 16.7. The van der Waals surface area contributed by atoms with Gasteiger partial charge in [-0.15, -0.1) is 0 Å². The van der Waals surface area contributed by atoms with E-state index in [0.717, 1.165) is 38.5 Å². The molecular weight excluding hydrogens is 640 g/mol. The van der Waals surface area contributed by atoms with Crippen molar-refractivity contribution < 1.29 is 50.0 Å². The van der Waals surface area contributed by atoms with Gasteiger partial charge in [-0.25, -0.2) is 0 Å². The first-order valence-corrected chi connectivity index (χ1v) is 19.6. The van der Waals surface area contributed by atoms with Gasteiger partial charge in [-0.05, 0) is 118 Å². The third-order valence-corrected chi connectivity index (χ3v) is 16.7. The van der Waals surface area contributed by atoms with Gasteiger partial charge in [-0.2, -0.15) is 0 Å². The zero-order valence-electron chi connectivity index (χ0n) is 31.3. The van der Waals surface area contributed by atoms with Crippen molar-refractivity contribution in [3.05, 3.63) is 11.6 Å². The number of carbonyl (C=O) groups is 1. The van der Waals surface area contributed by atoms with Crippen LogP contribution in [0.3, 0.4) is 0 Å². The van der Waals surface area contributed by atoms with Crippen LogP contribution in [0.4, 0.5) is 0 Å². The number of hydrogen-bond donors (Lipinski definition) is 7. The Morgan fingerprint density at radius 1 is 0.860 bits per heavy atom. The van der Waals surface area contributed by atoms with Gasteiger partial charge in [0.05, 0.1) is 43.0 Å². The van der Waals surface area contributed by atoms with E-state index in [0.29, 0.717) is 44.4 Å². The summed E-state index contributed by atoms with van der Waals surface area (Å²) in [5.74, 6) is -0.0164. The normalized spacial score (nSPS) is 53.3. The lowest BCUT2D eigenvalue weighted by Crippen LogP contribution is -2.68. The molecule has 286 valence electrons. The van der Waals surface area contributed by atoms with Gasteiger partial charge in [0.25, 0.3) is 0 Å². The van der Waals surface area contributed by atoms with Gasteiger partial charge in [-0.1, -0.05) is 46.3 Å². The molecule has 0 amide bonds. The average molecular weight is 707 g/mol. The standard InChI is InChI=1S/C40H66O10/c1-23-12-17-40(34(47)49-20-8-7-9-25-30(44)32(46)31(45)26(21-41)50-25)19-18-37(4)24(33(40)39(23,6)48)10-11-28-35(2)15-14-29(43)36(3,22-42)27(35)13-16-38(28,37)5/h10,23,25-33,41-46,48H,7-9,11-22H2,1-6H3/t23-,25?,26?,27?,28-,29+,30?,31?,32?,33?,35+,36+,37-,38?,39-,40+/m1/s1. The molecular formula is C40H66O10. The van der Waals surface area contributed by atoms with E-state index >= 15 is 0 Å². The number of aliphatic hydroxyl groups is 7. The lowest BCUT2D eigenvalue weighted by molar-refractivity contribution is -0.230. The summed E-state index contributed by atoms with van der Waals surface area (Å²) in [4.78, 5) is 14.4. The van der Waals surface area contributed by atoms with Crippen molar-refractivity contribution in [3.8, 4) is 0 Å². The second kappa shape index (κ2) is 13.3. The van der Waals surface area contributed by atoms with Crippen LogP contribution in [0.1, 0.15) is 119 Å². The molecule has 1 aliphatic heterocycles. The van der Waals surface area contributed by atoms with Crippen molar-refractivity contribution >= 4 is 5.97 Å². The lowest BCUT2D eigenvalue weighted by atomic mass is 9.33. The Balaban J connectivity index is 1.21. The van der Waals surface area contributed by atoms with Gasteiger partial charge in [0.15, 0.2) is 0 Å². The minimum atomic E-state index is -1.40. The van der Waals surface area contributed by atoms with Gasteiger partial charge >= 0.3 is 5.97 Å². The number of hydrogen-bond acceptors (Lipinski definition) is 10. The van der Waals surface area contributed by atoms with Gasteiger partial charge < -0.3 is 45.2 Å². The average Bonchev–Trinajstić information content (AvgIpc) is 3.08. The van der Waals surface area contributed by atoms with E-state index in [-0.39, 0.29) is 53.2 Å². The highest BCUT2D eigenvalue weighted by Crippen LogP contribution is 2.76. The molecule has 1 saturated heterocycles. The molecule has 5 aliphatic carbocycles. The van der Waals surface area contributed by atoms with E-state index in [1.165, 1.54) is 5.57 Å². The highest BCUT2D eigenvalue weighted by atomic mass is 16.5. The molecule has 10 heteroatoms. The largest absolute Gasteiger partial charge is 0.465 e. The van der Waals surface area contributed by atoms with E-state index in [2.05, 4.69) is 40.7 Å². The quantitative estimate of drug-likeness (QED) is 0.112. The number of aliphatic hydroxyl groups excluding tert-OH is 6. The van der Waals surface area contributed by atoms with Crippen LogP contribution in [0.15, 0.2) is 11.6 Å². The maximum absolute atomic E-state index is 14.4. The van der Waals surface area contributed by atoms with E-state index in [1.54, 1.807) is 0 Å². The topological polar surface area (TPSA) is 177 Å². The molecule has 8 unspecified atom stereocenters. The second-order valence-corrected chi connectivity index (χ2v) is 18.8. The molecule has 0 aromatic carbocycles. The molecule has 6 aliphatic rings. The fraction of sp³-hybridized carbons (Fsp3) is 0.925. The number of esters is 1. The van der Waals surface area contributed by atoms with Crippen LogP contribution in [0.5, 0.6) is 0 Å². The minimum Gasteiger partial charge on any atom is -0.465 e. The molecule has 5 fully saturated rings. The first kappa shape index (κ1) is 38.6. The van der Waals surface area contributed by atoms with Gasteiger partial charge in [0.2, 0.25) is 0 Å². The van der Waals surface area contributed by atoms with E-state index in [9.17, 15) is 40.5 Å². The zero-order chi connectivity index (χ0) is 36.7. The second-order valence-electron chi connectivity index (χ2n) is 18.8. The highest BCUT2D eigenvalue weighted by Gasteiger charge is 2.71. The Kier molecular flexibility index (Phi) is 10.3. The summed E-state index contributed by atoms with van der Waals surface area (Å²) in [6.45, 7) is 13.1. The molecule has 0 bridgehead atoms. The highest BCUT2D eigenvalue weighted by molar-refractivity contribution is 5.79. The number of carbonyl (C=O) groups excluding carboxylic acids is 1. The number of fused-ring (bicyclic) bond motifs is 7. The Labute approximate surface area is 298 Å². The molecule has 0 aromatic rings. The minimum absolute atomic E-state index is 0.0130. The molecule has 0 spiro atoms. The molecule has 10 nitrogen and oxygen atoms in total. The van der Waals surface area contributed by atoms with Crippen molar-refractivity contribution in [2.45, 2.75) is 161 Å². The maximum Gasteiger partial charge on any atom is 0.312 e. The molecule has 4 saturated carbocycles. The summed E-state index contributed by atoms with van der Waals surface area (Å²) in [5.41, 5.74) is -1.56. The molecule has 0 radical (unpaired) electrons. The molecule has 1 heterocycles. The number of allylic oxidation sites excluding steroid dienone is 1. The van der Waals surface area contributed by atoms with Crippen molar-refractivity contribution in [2.75, 3.05) is 19.8 Å². The van der Waals surface area contributed by atoms with E-state index in [4.69, 9.17) is 9.47 Å². The predicted molar refractivity (Wildman–Crippen MR) is 186 cm³/mol. The number of unbranched alkanes of at least 4 members (excludes halogenated alkanes) is 1. The van der Waals surface area contributed by atoms with E-state index < -0.39 is 59.7 Å². The van der Waals surface area contributed by atoms with Crippen LogP contribution in [0, 0.1) is 50.7 Å². The summed E-state index contributed by atoms with van der Waals surface area (Å²) in [7, 11) is 0. The third kappa shape index (κ3) is 5.43. The number of rotatable bonds is 8. The molecule has 6 rings (SSSR count). The van der Waals surface area contributed by atoms with Gasteiger partial charge in [0, 0.05) is 11.3 Å². The summed E-state index contributed by atoms with van der Waals surface area (Å²) >= 11 is 0. The van der Waals surface area contributed by atoms with Crippen LogP contribution in [0.2, 0.25) is 0 Å². The summed E-state index contributed by atoms with van der Waals surface area (Å²) < 4.78 is 11.7. The van der Waals surface area contributed by atoms with Crippen molar-refractivity contribution in [1.29, 1.82) is 0 Å². The van der Waals surface area contributed by atoms with Crippen LogP contribution in [0.25, 0.3) is 0 Å². The number of ether oxygens (including phenoxy) is 2. The first-order valence-electron chi connectivity index (χ1n) is 19.6. The predicted octanol–water partition coefficient (Wildman–Crippen LogP) is 3.65. The molecule has 7 N–H and O–H groups in total. The zero-order valence-corrected chi connectivity index (χ0v) is 31.3. The Morgan fingerprint density at radius 3 is 2.24 bits per heavy atom. The first-order chi connectivity index (χ1) is 23.4. The lowest BCUT2D eigenvalue weighted by Gasteiger charge is -2.72. The molecule has 50 heavy (non-hydrogen) atoms. The van der Waals surface area contributed by atoms with Crippen LogP contribution in [-0.4, -0.2) is 104 Å². The molecule has 0 aromatic heterocycles. The van der Waals surface area contributed by atoms with Gasteiger partial charge in [-0.3, -0.25) is 4.79 Å². The van der Waals surface area contributed by atoms with Crippen molar-refractivity contribution in [1.82, 2.24) is 0 Å². The van der Waals surface area contributed by atoms with E-state index in [1.807, 2.05) is 6.92 Å². The maximum atomic E-state index is 14.4. The Bertz CT molecular complexity index is 1300.